The van der Waals surface area contributed by atoms with Crippen LogP contribution in [0, 0.1) is 6.92 Å². The van der Waals surface area contributed by atoms with E-state index in [1.54, 1.807) is 15.9 Å². The van der Waals surface area contributed by atoms with E-state index in [2.05, 4.69) is 15.3 Å². The molecule has 0 aromatic carbocycles. The van der Waals surface area contributed by atoms with Crippen LogP contribution in [0.5, 0.6) is 0 Å². The molecule has 0 atom stereocenters. The smallest absolute Gasteiger partial charge is 0.195 e. The summed E-state index contributed by atoms with van der Waals surface area (Å²) in [5, 5.41) is 15.5. The molecule has 3 rings (SSSR count). The van der Waals surface area contributed by atoms with Gasteiger partial charge in [0.05, 0.1) is 10.9 Å². The highest BCUT2D eigenvalue weighted by molar-refractivity contribution is 7.18. The van der Waals surface area contributed by atoms with E-state index in [1.165, 1.54) is 0 Å². The molecule has 0 fully saturated rings. The lowest BCUT2D eigenvalue weighted by Gasteiger charge is -1.92. The standard InChI is InChI=1S/C8H6N4S/c1-5-10-11-8-7-6(2-3-13-7)4-9-12(5)8/h2-4H,1H3. The van der Waals surface area contributed by atoms with E-state index >= 15 is 0 Å². The summed E-state index contributed by atoms with van der Waals surface area (Å²) in [5.74, 6) is 0.824. The minimum atomic E-state index is 0.824. The lowest BCUT2D eigenvalue weighted by Crippen LogP contribution is -1.92. The summed E-state index contributed by atoms with van der Waals surface area (Å²) in [6.07, 6.45) is 1.84. The zero-order valence-electron chi connectivity index (χ0n) is 6.93. The summed E-state index contributed by atoms with van der Waals surface area (Å²) in [5.41, 5.74) is 0.852. The summed E-state index contributed by atoms with van der Waals surface area (Å²) in [7, 11) is 0. The predicted octanol–water partition coefficient (Wildman–Crippen LogP) is 1.65. The predicted molar refractivity (Wildman–Crippen MR) is 50.9 cm³/mol. The van der Waals surface area contributed by atoms with Crippen molar-refractivity contribution in [1.82, 2.24) is 19.8 Å². The number of aryl methyl sites for hydroxylation is 1. The number of rotatable bonds is 0. The molecule has 0 amide bonds. The third kappa shape index (κ3) is 0.818. The minimum absolute atomic E-state index is 0.824. The summed E-state index contributed by atoms with van der Waals surface area (Å²) in [6, 6.07) is 2.04. The SMILES string of the molecule is Cc1nnc2c3sccc3cnn12. The largest absolute Gasteiger partial charge is 0.196 e. The molecule has 13 heavy (non-hydrogen) atoms. The highest BCUT2D eigenvalue weighted by Gasteiger charge is 2.06. The second-order valence-electron chi connectivity index (χ2n) is 2.83. The molecule has 5 heteroatoms. The van der Waals surface area contributed by atoms with Gasteiger partial charge >= 0.3 is 0 Å². The fourth-order valence-corrected chi connectivity index (χ4v) is 2.20. The Morgan fingerprint density at radius 2 is 2.31 bits per heavy atom. The van der Waals surface area contributed by atoms with Crippen LogP contribution in [-0.2, 0) is 0 Å². The lowest BCUT2D eigenvalue weighted by atomic mass is 10.4. The van der Waals surface area contributed by atoms with E-state index in [0.717, 1.165) is 21.6 Å². The van der Waals surface area contributed by atoms with Crippen LogP contribution < -0.4 is 0 Å². The van der Waals surface area contributed by atoms with E-state index in [-0.39, 0.29) is 0 Å². The first kappa shape index (κ1) is 6.97. The zero-order chi connectivity index (χ0) is 8.84. The molecule has 0 spiro atoms. The van der Waals surface area contributed by atoms with Gasteiger partial charge in [-0.1, -0.05) is 0 Å². The van der Waals surface area contributed by atoms with Crippen LogP contribution in [0.4, 0.5) is 0 Å². The third-order valence-corrected chi connectivity index (χ3v) is 2.93. The van der Waals surface area contributed by atoms with Gasteiger partial charge in [-0.3, -0.25) is 0 Å². The molecule has 0 bridgehead atoms. The van der Waals surface area contributed by atoms with Crippen molar-refractivity contribution in [2.75, 3.05) is 0 Å². The molecule has 3 aromatic heterocycles. The Labute approximate surface area is 77.8 Å². The summed E-state index contributed by atoms with van der Waals surface area (Å²) in [6.45, 7) is 1.90. The van der Waals surface area contributed by atoms with Gasteiger partial charge in [0.15, 0.2) is 11.5 Å². The molecular weight excluding hydrogens is 184 g/mol. The van der Waals surface area contributed by atoms with Crippen LogP contribution in [0.2, 0.25) is 0 Å². The third-order valence-electron chi connectivity index (χ3n) is 2.01. The molecule has 3 heterocycles. The maximum atomic E-state index is 4.24. The molecule has 0 aliphatic heterocycles. The van der Waals surface area contributed by atoms with Crippen molar-refractivity contribution in [2.45, 2.75) is 6.92 Å². The van der Waals surface area contributed by atoms with Crippen molar-refractivity contribution in [3.63, 3.8) is 0 Å². The van der Waals surface area contributed by atoms with E-state index in [1.807, 2.05) is 24.6 Å². The number of aromatic nitrogens is 4. The molecule has 3 aromatic rings. The fourth-order valence-electron chi connectivity index (χ4n) is 1.36. The van der Waals surface area contributed by atoms with Crippen LogP contribution in [0.15, 0.2) is 17.6 Å². The number of hydrogen-bond donors (Lipinski definition) is 0. The molecule has 0 aliphatic rings. The Bertz CT molecular complexity index is 580. The second-order valence-corrected chi connectivity index (χ2v) is 3.75. The first-order valence-electron chi connectivity index (χ1n) is 3.90. The van der Waals surface area contributed by atoms with Gasteiger partial charge in [-0.05, 0) is 18.4 Å². The van der Waals surface area contributed by atoms with Gasteiger partial charge in [0.2, 0.25) is 0 Å². The molecule has 0 saturated heterocycles. The molecule has 0 unspecified atom stereocenters. The fraction of sp³-hybridized carbons (Fsp3) is 0.125. The first-order chi connectivity index (χ1) is 6.36. The number of hydrogen-bond acceptors (Lipinski definition) is 4. The van der Waals surface area contributed by atoms with Crippen molar-refractivity contribution in [3.05, 3.63) is 23.5 Å². The van der Waals surface area contributed by atoms with E-state index in [4.69, 9.17) is 0 Å². The first-order valence-corrected chi connectivity index (χ1v) is 4.78. The van der Waals surface area contributed by atoms with Crippen molar-refractivity contribution in [2.24, 2.45) is 0 Å². The van der Waals surface area contributed by atoms with Crippen LogP contribution in [0.1, 0.15) is 5.82 Å². The Hall–Kier alpha value is -1.49. The molecule has 64 valence electrons. The van der Waals surface area contributed by atoms with Gasteiger partial charge in [-0.25, -0.2) is 0 Å². The Kier molecular flexibility index (Phi) is 1.21. The maximum Gasteiger partial charge on any atom is 0.195 e. The van der Waals surface area contributed by atoms with E-state index < -0.39 is 0 Å². The molecule has 0 radical (unpaired) electrons. The highest BCUT2D eigenvalue weighted by Crippen LogP contribution is 2.23. The normalized spacial score (nSPS) is 11.5. The van der Waals surface area contributed by atoms with Crippen LogP contribution in [-0.4, -0.2) is 19.8 Å². The molecular formula is C8H6N4S. The second kappa shape index (κ2) is 2.26. The summed E-state index contributed by atoms with van der Waals surface area (Å²) in [4.78, 5) is 0. The summed E-state index contributed by atoms with van der Waals surface area (Å²) < 4.78 is 2.91. The number of nitrogens with zero attached hydrogens (tertiary/aromatic N) is 4. The van der Waals surface area contributed by atoms with Gasteiger partial charge in [0.1, 0.15) is 0 Å². The average molecular weight is 190 g/mol. The van der Waals surface area contributed by atoms with Gasteiger partial charge in [0, 0.05) is 5.39 Å². The highest BCUT2D eigenvalue weighted by atomic mass is 32.1. The average Bonchev–Trinajstić information content (AvgIpc) is 2.70. The van der Waals surface area contributed by atoms with Crippen LogP contribution >= 0.6 is 11.3 Å². The molecule has 4 nitrogen and oxygen atoms in total. The van der Waals surface area contributed by atoms with Crippen molar-refractivity contribution in [3.8, 4) is 0 Å². The molecule has 0 aliphatic carbocycles. The van der Waals surface area contributed by atoms with Gasteiger partial charge in [-0.2, -0.15) is 9.61 Å². The van der Waals surface area contributed by atoms with Crippen molar-refractivity contribution >= 4 is 27.1 Å². The summed E-state index contributed by atoms with van der Waals surface area (Å²) >= 11 is 1.67. The lowest BCUT2D eigenvalue weighted by molar-refractivity contribution is 0.882. The van der Waals surface area contributed by atoms with Gasteiger partial charge in [0.25, 0.3) is 0 Å². The minimum Gasteiger partial charge on any atom is -0.196 e. The van der Waals surface area contributed by atoms with Gasteiger partial charge < -0.3 is 0 Å². The number of thiophene rings is 1. The van der Waals surface area contributed by atoms with Crippen molar-refractivity contribution < 1.29 is 0 Å². The van der Waals surface area contributed by atoms with Gasteiger partial charge in [-0.15, -0.1) is 21.5 Å². The van der Waals surface area contributed by atoms with Crippen LogP contribution in [0.25, 0.3) is 15.7 Å². The van der Waals surface area contributed by atoms with Crippen molar-refractivity contribution in [1.29, 1.82) is 0 Å². The Balaban J connectivity index is 2.66. The van der Waals surface area contributed by atoms with E-state index in [9.17, 15) is 0 Å². The molecule has 0 N–H and O–H groups in total. The number of fused-ring (bicyclic) bond motifs is 3. The monoisotopic (exact) mass is 190 g/mol. The zero-order valence-corrected chi connectivity index (χ0v) is 7.75. The maximum absolute atomic E-state index is 4.24. The Morgan fingerprint density at radius 1 is 1.38 bits per heavy atom. The topological polar surface area (TPSA) is 43.1 Å². The van der Waals surface area contributed by atoms with Crippen LogP contribution in [0.3, 0.4) is 0 Å². The molecule has 0 saturated carbocycles. The Morgan fingerprint density at radius 3 is 3.23 bits per heavy atom. The quantitative estimate of drug-likeness (QED) is 0.541. The van der Waals surface area contributed by atoms with E-state index in [0.29, 0.717) is 0 Å².